The second kappa shape index (κ2) is 6.04. The minimum Gasteiger partial charge on any atom is -0.497 e. The van der Waals surface area contributed by atoms with E-state index >= 15 is 0 Å². The first-order chi connectivity index (χ1) is 10.0. The number of aryl methyl sites for hydroxylation is 1. The van der Waals surface area contributed by atoms with Crippen molar-refractivity contribution in [3.63, 3.8) is 0 Å². The van der Waals surface area contributed by atoms with Crippen molar-refractivity contribution in [2.45, 2.75) is 6.92 Å². The first kappa shape index (κ1) is 14.5. The van der Waals surface area contributed by atoms with Crippen LogP contribution in [-0.4, -0.2) is 17.9 Å². The van der Waals surface area contributed by atoms with Crippen LogP contribution in [-0.2, 0) is 0 Å². The van der Waals surface area contributed by atoms with Crippen LogP contribution in [0, 0.1) is 17.0 Å². The maximum Gasteiger partial charge on any atom is 0.274 e. The summed E-state index contributed by atoms with van der Waals surface area (Å²) in [6.45, 7) is 1.64. The average molecular weight is 286 g/mol. The number of nitrogens with one attached hydrogen (secondary N) is 1. The van der Waals surface area contributed by atoms with E-state index in [1.54, 1.807) is 43.3 Å². The van der Waals surface area contributed by atoms with Gasteiger partial charge in [0, 0.05) is 22.9 Å². The molecule has 0 aliphatic rings. The van der Waals surface area contributed by atoms with Crippen molar-refractivity contribution in [3.05, 3.63) is 63.7 Å². The summed E-state index contributed by atoms with van der Waals surface area (Å²) in [4.78, 5) is 22.5. The van der Waals surface area contributed by atoms with Gasteiger partial charge in [-0.2, -0.15) is 0 Å². The van der Waals surface area contributed by atoms with Crippen LogP contribution >= 0.6 is 0 Å². The highest BCUT2D eigenvalue weighted by molar-refractivity contribution is 6.04. The lowest BCUT2D eigenvalue weighted by molar-refractivity contribution is -0.385. The minimum absolute atomic E-state index is 0.0292. The minimum atomic E-state index is -0.476. The highest BCUT2D eigenvalue weighted by atomic mass is 16.6. The highest BCUT2D eigenvalue weighted by Gasteiger charge is 2.13. The Labute approximate surface area is 121 Å². The fourth-order valence-electron chi connectivity index (χ4n) is 1.85. The standard InChI is InChI=1S/C15H14N2O4/c1-10-6-7-12(9-14(10)17(19)20)16-15(18)11-4-3-5-13(8-11)21-2/h3-9H,1-2H3,(H,16,18). The average Bonchev–Trinajstić information content (AvgIpc) is 2.49. The van der Waals surface area contributed by atoms with Crippen LogP contribution in [0.4, 0.5) is 11.4 Å². The third-order valence-electron chi connectivity index (χ3n) is 3.00. The molecule has 21 heavy (non-hydrogen) atoms. The summed E-state index contributed by atoms with van der Waals surface area (Å²) in [6, 6.07) is 11.2. The molecule has 1 amide bonds. The quantitative estimate of drug-likeness (QED) is 0.691. The molecular formula is C15H14N2O4. The fourth-order valence-corrected chi connectivity index (χ4v) is 1.85. The number of carbonyl (C=O) groups is 1. The number of anilines is 1. The molecule has 0 heterocycles. The van der Waals surface area contributed by atoms with Gasteiger partial charge in [0.25, 0.3) is 11.6 Å². The van der Waals surface area contributed by atoms with Crippen molar-refractivity contribution in [2.75, 3.05) is 12.4 Å². The van der Waals surface area contributed by atoms with E-state index in [2.05, 4.69) is 5.32 Å². The Morgan fingerprint density at radius 2 is 2.00 bits per heavy atom. The van der Waals surface area contributed by atoms with Gasteiger partial charge >= 0.3 is 0 Å². The molecule has 0 fully saturated rings. The van der Waals surface area contributed by atoms with Gasteiger partial charge in [-0.15, -0.1) is 0 Å². The first-order valence-corrected chi connectivity index (χ1v) is 6.21. The number of nitrogens with zero attached hydrogens (tertiary/aromatic N) is 1. The van der Waals surface area contributed by atoms with Crippen LogP contribution in [0.2, 0.25) is 0 Å². The van der Waals surface area contributed by atoms with Gasteiger partial charge in [-0.05, 0) is 31.2 Å². The monoisotopic (exact) mass is 286 g/mol. The summed E-state index contributed by atoms with van der Waals surface area (Å²) in [7, 11) is 1.51. The number of ether oxygens (including phenoxy) is 1. The van der Waals surface area contributed by atoms with E-state index < -0.39 is 4.92 Å². The fraction of sp³-hybridized carbons (Fsp3) is 0.133. The van der Waals surface area contributed by atoms with Crippen LogP contribution in [0.5, 0.6) is 5.75 Å². The lowest BCUT2D eigenvalue weighted by atomic mass is 10.1. The van der Waals surface area contributed by atoms with E-state index in [1.165, 1.54) is 13.2 Å². The van der Waals surface area contributed by atoms with Crippen LogP contribution in [0.3, 0.4) is 0 Å². The number of methoxy groups -OCH3 is 1. The zero-order valence-corrected chi connectivity index (χ0v) is 11.6. The second-order valence-electron chi connectivity index (χ2n) is 4.44. The Balaban J connectivity index is 2.23. The van der Waals surface area contributed by atoms with Gasteiger partial charge in [0.05, 0.1) is 12.0 Å². The van der Waals surface area contributed by atoms with Gasteiger partial charge in [0.2, 0.25) is 0 Å². The number of hydrogen-bond donors (Lipinski definition) is 1. The Morgan fingerprint density at radius 3 is 2.67 bits per heavy atom. The van der Waals surface area contributed by atoms with Crippen LogP contribution in [0.1, 0.15) is 15.9 Å². The molecule has 1 N–H and O–H groups in total. The smallest absolute Gasteiger partial charge is 0.274 e. The molecule has 6 heteroatoms. The summed E-state index contributed by atoms with van der Waals surface area (Å²) in [5.41, 5.74) is 1.30. The molecule has 0 aliphatic carbocycles. The Kier molecular flexibility index (Phi) is 4.18. The molecule has 0 aromatic heterocycles. The molecule has 6 nitrogen and oxygen atoms in total. The molecule has 0 bridgehead atoms. The SMILES string of the molecule is COc1cccc(C(=O)Nc2ccc(C)c([N+](=O)[O-])c2)c1. The van der Waals surface area contributed by atoms with Crippen molar-refractivity contribution in [1.29, 1.82) is 0 Å². The molecule has 0 saturated carbocycles. The van der Waals surface area contributed by atoms with Crippen molar-refractivity contribution in [2.24, 2.45) is 0 Å². The topological polar surface area (TPSA) is 81.5 Å². The normalized spacial score (nSPS) is 10.0. The molecule has 0 radical (unpaired) electrons. The number of rotatable bonds is 4. The molecule has 0 saturated heterocycles. The Bertz CT molecular complexity index is 698. The highest BCUT2D eigenvalue weighted by Crippen LogP contribution is 2.23. The van der Waals surface area contributed by atoms with Gasteiger partial charge in [0.1, 0.15) is 5.75 Å². The van der Waals surface area contributed by atoms with Crippen LogP contribution < -0.4 is 10.1 Å². The summed E-state index contributed by atoms with van der Waals surface area (Å²) in [5.74, 6) is 0.213. The molecule has 0 aliphatic heterocycles. The molecule has 2 aromatic carbocycles. The van der Waals surface area contributed by atoms with E-state index in [0.717, 1.165) is 0 Å². The van der Waals surface area contributed by atoms with Crippen LogP contribution in [0.25, 0.3) is 0 Å². The van der Waals surface area contributed by atoms with Crippen molar-refractivity contribution < 1.29 is 14.5 Å². The lowest BCUT2D eigenvalue weighted by Gasteiger charge is -2.07. The third kappa shape index (κ3) is 3.36. The molecular weight excluding hydrogens is 272 g/mol. The van der Waals surface area contributed by atoms with E-state index in [0.29, 0.717) is 22.6 Å². The predicted molar refractivity (Wildman–Crippen MR) is 78.8 cm³/mol. The maximum absolute atomic E-state index is 12.1. The van der Waals surface area contributed by atoms with Crippen molar-refractivity contribution in [3.8, 4) is 5.75 Å². The van der Waals surface area contributed by atoms with E-state index in [1.807, 2.05) is 0 Å². The summed E-state index contributed by atoms with van der Waals surface area (Å²) in [5, 5.41) is 13.5. The number of carbonyl (C=O) groups excluding carboxylic acids is 1. The zero-order chi connectivity index (χ0) is 15.4. The zero-order valence-electron chi connectivity index (χ0n) is 11.6. The first-order valence-electron chi connectivity index (χ1n) is 6.21. The Morgan fingerprint density at radius 1 is 1.24 bits per heavy atom. The molecule has 2 rings (SSSR count). The van der Waals surface area contributed by atoms with Crippen LogP contribution in [0.15, 0.2) is 42.5 Å². The molecule has 0 spiro atoms. The van der Waals surface area contributed by atoms with E-state index in [4.69, 9.17) is 4.74 Å². The Hall–Kier alpha value is -2.89. The van der Waals surface area contributed by atoms with E-state index in [-0.39, 0.29) is 11.6 Å². The van der Waals surface area contributed by atoms with Crippen molar-refractivity contribution in [1.82, 2.24) is 0 Å². The molecule has 108 valence electrons. The number of benzene rings is 2. The summed E-state index contributed by atoms with van der Waals surface area (Å²) in [6.07, 6.45) is 0. The molecule has 0 unspecified atom stereocenters. The van der Waals surface area contributed by atoms with Gasteiger partial charge in [0.15, 0.2) is 0 Å². The van der Waals surface area contributed by atoms with Gasteiger partial charge < -0.3 is 10.1 Å². The predicted octanol–water partition coefficient (Wildman–Crippen LogP) is 3.16. The van der Waals surface area contributed by atoms with E-state index in [9.17, 15) is 14.9 Å². The number of hydrogen-bond acceptors (Lipinski definition) is 4. The van der Waals surface area contributed by atoms with Gasteiger partial charge in [-0.25, -0.2) is 0 Å². The van der Waals surface area contributed by atoms with Crippen molar-refractivity contribution >= 4 is 17.3 Å². The summed E-state index contributed by atoms with van der Waals surface area (Å²) >= 11 is 0. The number of nitro groups is 1. The number of nitro benzene ring substituents is 1. The molecule has 2 aromatic rings. The summed E-state index contributed by atoms with van der Waals surface area (Å²) < 4.78 is 5.05. The van der Waals surface area contributed by atoms with Gasteiger partial charge in [-0.1, -0.05) is 12.1 Å². The molecule has 0 atom stereocenters. The number of amides is 1. The maximum atomic E-state index is 12.1. The third-order valence-corrected chi connectivity index (χ3v) is 3.00. The lowest BCUT2D eigenvalue weighted by Crippen LogP contribution is -2.12. The largest absolute Gasteiger partial charge is 0.497 e. The second-order valence-corrected chi connectivity index (χ2v) is 4.44. The van der Waals surface area contributed by atoms with Gasteiger partial charge in [-0.3, -0.25) is 14.9 Å².